The first-order valence-electron chi connectivity index (χ1n) is 8.36. The average molecular weight is 336 g/mol. The van der Waals surface area contributed by atoms with Crippen LogP contribution in [-0.4, -0.2) is 39.7 Å². The monoisotopic (exact) mass is 336 g/mol. The molecule has 1 heterocycles. The van der Waals surface area contributed by atoms with Crippen molar-refractivity contribution in [3.8, 4) is 0 Å². The number of nitro benzene ring substituents is 1. The number of hydrogen-bond donors (Lipinski definition) is 1. The van der Waals surface area contributed by atoms with Gasteiger partial charge in [0.2, 0.25) is 0 Å². The van der Waals surface area contributed by atoms with Gasteiger partial charge in [0.15, 0.2) is 0 Å². The van der Waals surface area contributed by atoms with Gasteiger partial charge in [-0.15, -0.1) is 0 Å². The molecule has 1 aromatic rings. The molecule has 0 aromatic heterocycles. The quantitative estimate of drug-likeness (QED) is 0.469. The second-order valence-electron chi connectivity index (χ2n) is 6.17. The van der Waals surface area contributed by atoms with E-state index in [2.05, 4.69) is 6.92 Å². The van der Waals surface area contributed by atoms with Crippen molar-refractivity contribution in [3.05, 3.63) is 39.9 Å². The van der Waals surface area contributed by atoms with Crippen LogP contribution in [0, 0.1) is 10.1 Å². The number of likely N-dealkylation sites (tertiary alicyclic amines) is 1. The molecule has 0 radical (unpaired) electrons. The number of amides is 1. The molecule has 0 aliphatic carbocycles. The predicted molar refractivity (Wildman–Crippen MR) is 88.5 cm³/mol. The van der Waals surface area contributed by atoms with Gasteiger partial charge in [-0.2, -0.15) is 0 Å². The summed E-state index contributed by atoms with van der Waals surface area (Å²) in [5.74, 6) is 0. The normalized spacial score (nSPS) is 20.2. The van der Waals surface area contributed by atoms with E-state index in [1.165, 1.54) is 12.1 Å². The molecule has 7 nitrogen and oxygen atoms in total. The summed E-state index contributed by atoms with van der Waals surface area (Å²) in [4.78, 5) is 24.0. The fourth-order valence-corrected chi connectivity index (χ4v) is 2.96. The average Bonchev–Trinajstić information content (AvgIpc) is 2.94. The number of β-amino-alcohol motifs (C(OH)–C–C–N with tert-alkyl or cyclic N) is 1. The van der Waals surface area contributed by atoms with Crippen LogP contribution in [0.3, 0.4) is 0 Å². The van der Waals surface area contributed by atoms with Gasteiger partial charge in [-0.3, -0.25) is 10.1 Å². The van der Waals surface area contributed by atoms with E-state index in [1.807, 2.05) is 0 Å². The summed E-state index contributed by atoms with van der Waals surface area (Å²) >= 11 is 0. The lowest BCUT2D eigenvalue weighted by molar-refractivity contribution is -0.384. The highest BCUT2D eigenvalue weighted by Gasteiger charge is 2.34. The van der Waals surface area contributed by atoms with Crippen LogP contribution in [0.1, 0.15) is 44.6 Å². The molecule has 1 aliphatic rings. The second-order valence-corrected chi connectivity index (χ2v) is 6.17. The van der Waals surface area contributed by atoms with Crippen LogP contribution in [0.4, 0.5) is 10.5 Å². The van der Waals surface area contributed by atoms with Crippen LogP contribution in [0.2, 0.25) is 0 Å². The Labute approximate surface area is 141 Å². The maximum atomic E-state index is 12.3. The second kappa shape index (κ2) is 8.63. The lowest BCUT2D eigenvalue weighted by atomic mass is 10.1. The van der Waals surface area contributed by atoms with Gasteiger partial charge in [0.1, 0.15) is 6.61 Å². The summed E-state index contributed by atoms with van der Waals surface area (Å²) in [6, 6.07) is 5.94. The minimum atomic E-state index is -0.497. The van der Waals surface area contributed by atoms with E-state index in [9.17, 15) is 20.0 Å². The van der Waals surface area contributed by atoms with Crippen molar-refractivity contribution in [2.45, 2.75) is 57.8 Å². The van der Waals surface area contributed by atoms with E-state index >= 15 is 0 Å². The smallest absolute Gasteiger partial charge is 0.410 e. The van der Waals surface area contributed by atoms with E-state index in [0.29, 0.717) is 18.5 Å². The first-order chi connectivity index (χ1) is 11.5. The van der Waals surface area contributed by atoms with E-state index < -0.39 is 17.1 Å². The van der Waals surface area contributed by atoms with Crippen molar-refractivity contribution >= 4 is 11.8 Å². The zero-order valence-corrected chi connectivity index (χ0v) is 13.9. The van der Waals surface area contributed by atoms with Crippen LogP contribution in [0.5, 0.6) is 0 Å². The van der Waals surface area contributed by atoms with Gasteiger partial charge in [-0.1, -0.05) is 26.2 Å². The van der Waals surface area contributed by atoms with Crippen LogP contribution in [-0.2, 0) is 11.3 Å². The van der Waals surface area contributed by atoms with Crippen molar-refractivity contribution in [2.75, 3.05) is 6.54 Å². The molecule has 2 unspecified atom stereocenters. The molecule has 1 aliphatic heterocycles. The fraction of sp³-hybridized carbons (Fsp3) is 0.588. The minimum Gasteiger partial charge on any atom is -0.445 e. The van der Waals surface area contributed by atoms with E-state index in [-0.39, 0.29) is 18.3 Å². The molecule has 24 heavy (non-hydrogen) atoms. The van der Waals surface area contributed by atoms with E-state index in [0.717, 1.165) is 25.7 Å². The summed E-state index contributed by atoms with van der Waals surface area (Å²) in [5, 5.41) is 20.4. The molecule has 7 heteroatoms. The van der Waals surface area contributed by atoms with E-state index in [4.69, 9.17) is 4.74 Å². The number of hydrogen-bond acceptors (Lipinski definition) is 5. The van der Waals surface area contributed by atoms with Gasteiger partial charge in [-0.05, 0) is 30.5 Å². The lowest BCUT2D eigenvalue weighted by Crippen LogP contribution is -2.36. The number of aliphatic hydroxyl groups is 1. The number of carbonyl (C=O) groups is 1. The molecule has 0 spiro atoms. The number of rotatable bonds is 7. The molecule has 1 aromatic carbocycles. The van der Waals surface area contributed by atoms with E-state index in [1.54, 1.807) is 17.0 Å². The van der Waals surface area contributed by atoms with Gasteiger partial charge in [0.25, 0.3) is 5.69 Å². The van der Waals surface area contributed by atoms with Crippen LogP contribution in [0.25, 0.3) is 0 Å². The van der Waals surface area contributed by atoms with Gasteiger partial charge >= 0.3 is 6.09 Å². The van der Waals surface area contributed by atoms with Crippen molar-refractivity contribution in [3.63, 3.8) is 0 Å². The number of aliphatic hydroxyl groups excluding tert-OH is 1. The van der Waals surface area contributed by atoms with Crippen LogP contribution >= 0.6 is 0 Å². The number of nitro groups is 1. The Morgan fingerprint density at radius 2 is 2.08 bits per heavy atom. The molecule has 0 saturated carbocycles. The first-order valence-corrected chi connectivity index (χ1v) is 8.36. The Kier molecular flexibility index (Phi) is 6.54. The van der Waals surface area contributed by atoms with Gasteiger partial charge in [-0.25, -0.2) is 4.79 Å². The molecular weight excluding hydrogens is 312 g/mol. The van der Waals surface area contributed by atoms with Crippen molar-refractivity contribution in [2.24, 2.45) is 0 Å². The molecule has 1 fully saturated rings. The Balaban J connectivity index is 1.86. The van der Waals surface area contributed by atoms with Gasteiger partial charge in [0.05, 0.1) is 17.6 Å². The highest BCUT2D eigenvalue weighted by molar-refractivity contribution is 5.68. The molecule has 0 bridgehead atoms. The molecule has 1 amide bonds. The third kappa shape index (κ3) is 4.92. The Morgan fingerprint density at radius 1 is 1.38 bits per heavy atom. The molecular formula is C17H24N2O5. The summed E-state index contributed by atoms with van der Waals surface area (Å²) in [6.45, 7) is 2.49. The molecule has 132 valence electrons. The molecule has 1 saturated heterocycles. The minimum absolute atomic E-state index is 0.00345. The zero-order valence-electron chi connectivity index (χ0n) is 13.9. The fourth-order valence-electron chi connectivity index (χ4n) is 2.96. The third-order valence-corrected chi connectivity index (χ3v) is 4.28. The zero-order chi connectivity index (χ0) is 17.5. The Bertz CT molecular complexity index is 561. The summed E-state index contributed by atoms with van der Waals surface area (Å²) in [6.07, 6.45) is 3.78. The standard InChI is InChI=1S/C17H24N2O5/c1-2-3-4-5-15-10-16(20)11-18(15)17(21)24-12-13-6-8-14(9-7-13)19(22)23/h6-9,15-16,20H,2-5,10-12H2,1H3. The number of nitrogens with zero attached hydrogens (tertiary/aromatic N) is 2. The van der Waals surface area contributed by atoms with Crippen molar-refractivity contribution in [1.29, 1.82) is 0 Å². The Morgan fingerprint density at radius 3 is 2.71 bits per heavy atom. The summed E-state index contributed by atoms with van der Waals surface area (Å²) in [5.41, 5.74) is 0.694. The largest absolute Gasteiger partial charge is 0.445 e. The van der Waals surface area contributed by atoms with Gasteiger partial charge < -0.3 is 14.7 Å². The third-order valence-electron chi connectivity index (χ3n) is 4.28. The number of ether oxygens (including phenoxy) is 1. The predicted octanol–water partition coefficient (Wildman–Crippen LogP) is 3.25. The lowest BCUT2D eigenvalue weighted by Gasteiger charge is -2.23. The van der Waals surface area contributed by atoms with Crippen molar-refractivity contribution < 1.29 is 19.6 Å². The number of non-ortho nitro benzene ring substituents is 1. The summed E-state index contributed by atoms with van der Waals surface area (Å²) in [7, 11) is 0. The van der Waals surface area contributed by atoms with Gasteiger partial charge in [0, 0.05) is 18.2 Å². The van der Waals surface area contributed by atoms with Crippen LogP contribution in [0.15, 0.2) is 24.3 Å². The molecule has 1 N–H and O–H groups in total. The maximum absolute atomic E-state index is 12.3. The number of unbranched alkanes of at least 4 members (excludes halogenated alkanes) is 2. The maximum Gasteiger partial charge on any atom is 0.410 e. The highest BCUT2D eigenvalue weighted by atomic mass is 16.6. The number of carbonyl (C=O) groups excluding carboxylic acids is 1. The summed E-state index contributed by atoms with van der Waals surface area (Å²) < 4.78 is 5.30. The molecule has 2 atom stereocenters. The highest BCUT2D eigenvalue weighted by Crippen LogP contribution is 2.24. The van der Waals surface area contributed by atoms with Crippen LogP contribution < -0.4 is 0 Å². The Hall–Kier alpha value is -2.15. The number of benzene rings is 1. The van der Waals surface area contributed by atoms with Crippen molar-refractivity contribution in [1.82, 2.24) is 4.90 Å². The molecule has 2 rings (SSSR count). The topological polar surface area (TPSA) is 92.9 Å². The SMILES string of the molecule is CCCCCC1CC(O)CN1C(=O)OCc1ccc([N+](=O)[O-])cc1. The first kappa shape index (κ1) is 18.2.